The Morgan fingerprint density at radius 3 is 2.50 bits per heavy atom. The molecule has 3 rings (SSSR count). The van der Waals surface area contributed by atoms with Gasteiger partial charge in [0.1, 0.15) is 5.75 Å². The molecule has 1 aromatic heterocycles. The van der Waals surface area contributed by atoms with Gasteiger partial charge >= 0.3 is 0 Å². The molecular formula is C20H20N2O3S. The highest BCUT2D eigenvalue weighted by molar-refractivity contribution is 7.98. The molecule has 5 nitrogen and oxygen atoms in total. The van der Waals surface area contributed by atoms with E-state index in [1.54, 1.807) is 7.11 Å². The lowest BCUT2D eigenvalue weighted by Gasteiger charge is -2.10. The van der Waals surface area contributed by atoms with Crippen molar-refractivity contribution in [1.29, 1.82) is 0 Å². The molecule has 0 bridgehead atoms. The number of aliphatic hydroxyl groups excluding tert-OH is 1. The first-order valence-corrected chi connectivity index (χ1v) is 9.25. The molecule has 0 unspecified atom stereocenters. The fraction of sp³-hybridized carbons (Fsp3) is 0.200. The van der Waals surface area contributed by atoms with Crippen molar-refractivity contribution in [2.75, 3.05) is 13.7 Å². The van der Waals surface area contributed by atoms with Gasteiger partial charge in [0.05, 0.1) is 12.8 Å². The number of thioether (sulfide) groups is 1. The first kappa shape index (κ1) is 18.2. The first-order valence-electron chi connectivity index (χ1n) is 8.26. The van der Waals surface area contributed by atoms with Gasteiger partial charge in [-0.05, 0) is 29.8 Å². The predicted octanol–water partition coefficient (Wildman–Crippen LogP) is 3.27. The van der Waals surface area contributed by atoms with Gasteiger partial charge in [0.2, 0.25) is 0 Å². The minimum Gasteiger partial charge on any atom is -0.497 e. The summed E-state index contributed by atoms with van der Waals surface area (Å²) in [5.74, 6) is 1.45. The Kier molecular flexibility index (Phi) is 6.09. The predicted molar refractivity (Wildman–Crippen MR) is 104 cm³/mol. The summed E-state index contributed by atoms with van der Waals surface area (Å²) in [5, 5.41) is 9.87. The van der Waals surface area contributed by atoms with Crippen LogP contribution in [0.5, 0.6) is 5.75 Å². The number of methoxy groups -OCH3 is 1. The third-order valence-corrected chi connectivity index (χ3v) is 4.88. The number of ether oxygens (including phenoxy) is 1. The summed E-state index contributed by atoms with van der Waals surface area (Å²) in [7, 11) is 1.61. The van der Waals surface area contributed by atoms with Gasteiger partial charge in [0.25, 0.3) is 5.56 Å². The Hall–Kier alpha value is -2.57. The summed E-state index contributed by atoms with van der Waals surface area (Å²) in [6, 6.07) is 17.4. The monoisotopic (exact) mass is 368 g/mol. The number of H-pyrrole nitrogens is 1. The van der Waals surface area contributed by atoms with E-state index >= 15 is 0 Å². The molecule has 0 spiro atoms. The van der Waals surface area contributed by atoms with Crippen molar-refractivity contribution in [1.82, 2.24) is 9.97 Å². The zero-order chi connectivity index (χ0) is 18.4. The summed E-state index contributed by atoms with van der Waals surface area (Å²) in [5.41, 5.74) is 2.85. The molecule has 0 amide bonds. The van der Waals surface area contributed by atoms with Gasteiger partial charge in [0, 0.05) is 29.9 Å². The van der Waals surface area contributed by atoms with E-state index < -0.39 is 0 Å². The number of aromatic nitrogens is 2. The molecule has 0 aliphatic heterocycles. The standard InChI is InChI=1S/C20H20N2O3S/c1-25-16-9-7-15(8-10-16)18-17(11-12-23)19(24)22-20(21-18)26-13-14-5-3-2-4-6-14/h2-10,23H,11-13H2,1H3,(H,21,22,24). The first-order chi connectivity index (χ1) is 12.7. The minimum absolute atomic E-state index is 0.107. The summed E-state index contributed by atoms with van der Waals surface area (Å²) in [4.78, 5) is 20.0. The van der Waals surface area contributed by atoms with Crippen LogP contribution in [0.25, 0.3) is 11.3 Å². The highest BCUT2D eigenvalue weighted by Crippen LogP contribution is 2.26. The van der Waals surface area contributed by atoms with E-state index in [-0.39, 0.29) is 18.6 Å². The molecule has 0 fully saturated rings. The SMILES string of the molecule is COc1ccc(-c2nc(SCc3ccccc3)[nH]c(=O)c2CCO)cc1. The van der Waals surface area contributed by atoms with E-state index in [0.29, 0.717) is 22.2 Å². The molecule has 1 heterocycles. The van der Waals surface area contributed by atoms with Crippen molar-refractivity contribution in [3.8, 4) is 17.0 Å². The maximum Gasteiger partial charge on any atom is 0.255 e. The van der Waals surface area contributed by atoms with E-state index in [1.165, 1.54) is 11.8 Å². The van der Waals surface area contributed by atoms with Crippen molar-refractivity contribution < 1.29 is 9.84 Å². The molecular weight excluding hydrogens is 348 g/mol. The third-order valence-electron chi connectivity index (χ3n) is 3.94. The van der Waals surface area contributed by atoms with E-state index in [2.05, 4.69) is 9.97 Å². The quantitative estimate of drug-likeness (QED) is 0.494. The van der Waals surface area contributed by atoms with Crippen LogP contribution in [0.1, 0.15) is 11.1 Å². The molecule has 2 aromatic carbocycles. The third kappa shape index (κ3) is 4.33. The van der Waals surface area contributed by atoms with E-state index in [9.17, 15) is 9.90 Å². The van der Waals surface area contributed by atoms with Crippen molar-refractivity contribution in [3.63, 3.8) is 0 Å². The van der Waals surface area contributed by atoms with Crippen LogP contribution in [0.4, 0.5) is 0 Å². The Morgan fingerprint density at radius 1 is 1.12 bits per heavy atom. The topological polar surface area (TPSA) is 75.2 Å². The van der Waals surface area contributed by atoms with Crippen LogP contribution in [-0.4, -0.2) is 28.8 Å². The van der Waals surface area contributed by atoms with Gasteiger partial charge in [-0.3, -0.25) is 4.79 Å². The molecule has 2 N–H and O–H groups in total. The molecule has 0 aliphatic carbocycles. The Labute approximate surface area is 156 Å². The van der Waals surface area contributed by atoms with Gasteiger partial charge in [-0.2, -0.15) is 0 Å². The number of nitrogens with one attached hydrogen (secondary N) is 1. The van der Waals surface area contributed by atoms with Crippen LogP contribution < -0.4 is 10.3 Å². The molecule has 3 aromatic rings. The summed E-state index contributed by atoms with van der Waals surface area (Å²) >= 11 is 1.48. The van der Waals surface area contributed by atoms with Gasteiger partial charge in [-0.1, -0.05) is 42.1 Å². The average molecular weight is 368 g/mol. The number of hydrogen-bond acceptors (Lipinski definition) is 5. The van der Waals surface area contributed by atoms with Gasteiger partial charge < -0.3 is 14.8 Å². The summed E-state index contributed by atoms with van der Waals surface area (Å²) < 4.78 is 5.19. The van der Waals surface area contributed by atoms with Crippen LogP contribution in [0, 0.1) is 0 Å². The van der Waals surface area contributed by atoms with E-state index in [0.717, 1.165) is 16.9 Å². The molecule has 0 radical (unpaired) electrons. The number of benzene rings is 2. The van der Waals surface area contributed by atoms with Crippen molar-refractivity contribution >= 4 is 11.8 Å². The van der Waals surface area contributed by atoms with Crippen LogP contribution in [0.3, 0.4) is 0 Å². The maximum absolute atomic E-state index is 12.5. The molecule has 134 valence electrons. The van der Waals surface area contributed by atoms with E-state index in [1.807, 2.05) is 54.6 Å². The molecule has 0 saturated carbocycles. The zero-order valence-electron chi connectivity index (χ0n) is 14.4. The van der Waals surface area contributed by atoms with Crippen LogP contribution in [0.2, 0.25) is 0 Å². The van der Waals surface area contributed by atoms with Crippen molar-refractivity contribution in [3.05, 3.63) is 76.1 Å². The highest BCUT2D eigenvalue weighted by Gasteiger charge is 2.14. The summed E-state index contributed by atoms with van der Waals surface area (Å²) in [6.45, 7) is -0.107. The van der Waals surface area contributed by atoms with Gasteiger partial charge in [-0.15, -0.1) is 0 Å². The number of rotatable bonds is 7. The van der Waals surface area contributed by atoms with Crippen molar-refractivity contribution in [2.24, 2.45) is 0 Å². The van der Waals surface area contributed by atoms with Gasteiger partial charge in [-0.25, -0.2) is 4.98 Å². The Morgan fingerprint density at radius 2 is 1.85 bits per heavy atom. The fourth-order valence-electron chi connectivity index (χ4n) is 2.60. The van der Waals surface area contributed by atoms with E-state index in [4.69, 9.17) is 4.74 Å². The molecule has 26 heavy (non-hydrogen) atoms. The second-order valence-corrected chi connectivity index (χ2v) is 6.64. The lowest BCUT2D eigenvalue weighted by Crippen LogP contribution is -2.18. The average Bonchev–Trinajstić information content (AvgIpc) is 2.69. The lowest BCUT2D eigenvalue weighted by atomic mass is 10.0. The normalized spacial score (nSPS) is 10.7. The van der Waals surface area contributed by atoms with Gasteiger partial charge in [0.15, 0.2) is 5.16 Å². The molecule has 0 atom stereocenters. The summed E-state index contributed by atoms with van der Waals surface area (Å²) in [6.07, 6.45) is 0.257. The number of hydrogen-bond donors (Lipinski definition) is 2. The van der Waals surface area contributed by atoms with Crippen LogP contribution >= 0.6 is 11.8 Å². The maximum atomic E-state index is 12.5. The molecule has 6 heteroatoms. The highest BCUT2D eigenvalue weighted by atomic mass is 32.2. The second-order valence-electron chi connectivity index (χ2n) is 5.67. The van der Waals surface area contributed by atoms with Crippen LogP contribution in [0.15, 0.2) is 64.5 Å². The fourth-order valence-corrected chi connectivity index (χ4v) is 3.42. The lowest BCUT2D eigenvalue weighted by molar-refractivity contribution is 0.299. The number of aliphatic hydroxyl groups is 1. The second kappa shape index (κ2) is 8.69. The van der Waals surface area contributed by atoms with Crippen LogP contribution in [-0.2, 0) is 12.2 Å². The Balaban J connectivity index is 1.94. The number of nitrogens with zero attached hydrogens (tertiary/aromatic N) is 1. The van der Waals surface area contributed by atoms with Crippen molar-refractivity contribution in [2.45, 2.75) is 17.3 Å². The largest absolute Gasteiger partial charge is 0.497 e. The smallest absolute Gasteiger partial charge is 0.255 e. The number of aromatic amines is 1. The Bertz CT molecular complexity index is 909. The zero-order valence-corrected chi connectivity index (χ0v) is 15.3. The molecule has 0 saturated heterocycles. The molecule has 0 aliphatic rings. The minimum atomic E-state index is -0.213.